The van der Waals surface area contributed by atoms with Crippen LogP contribution in [0.3, 0.4) is 0 Å². The van der Waals surface area contributed by atoms with E-state index in [2.05, 4.69) is 4.98 Å². The van der Waals surface area contributed by atoms with E-state index in [-0.39, 0.29) is 39.6 Å². The standard InChI is InChI=1S/C29H24F2N6O6S/c1-34(2)13-20-25-27(39)36(18-10-11-24(33-12-18)43-15-23(32)38)29(40)35(14-19-21(30)4-3-5-22(19)31)28(25)44-26(20)16-6-8-17(9-7-16)37(41)42/h3-12H,13-15H2,1-2H3,(H2,32,38). The average molecular weight is 623 g/mol. The van der Waals surface area contributed by atoms with E-state index in [4.69, 9.17) is 10.5 Å². The van der Waals surface area contributed by atoms with E-state index in [9.17, 15) is 33.3 Å². The highest BCUT2D eigenvalue weighted by Gasteiger charge is 2.25. The van der Waals surface area contributed by atoms with Crippen LogP contribution in [0.5, 0.6) is 5.88 Å². The maximum atomic E-state index is 14.8. The molecule has 0 saturated heterocycles. The number of carbonyl (C=O) groups excluding carboxylic acids is 1. The summed E-state index contributed by atoms with van der Waals surface area (Å²) < 4.78 is 36.8. The van der Waals surface area contributed by atoms with Crippen LogP contribution in [0.2, 0.25) is 0 Å². The second-order valence-electron chi connectivity index (χ2n) is 9.95. The van der Waals surface area contributed by atoms with Crippen molar-refractivity contribution in [3.8, 4) is 22.0 Å². The molecule has 12 nitrogen and oxygen atoms in total. The lowest BCUT2D eigenvalue weighted by Crippen LogP contribution is -2.39. The molecule has 226 valence electrons. The van der Waals surface area contributed by atoms with Crippen molar-refractivity contribution < 1.29 is 23.2 Å². The SMILES string of the molecule is CN(C)Cc1c(-c2ccc([N+](=O)[O-])cc2)sc2c1c(=O)n(-c1ccc(OCC(N)=O)nc1)c(=O)n2Cc1c(F)cccc1F. The molecule has 44 heavy (non-hydrogen) atoms. The minimum Gasteiger partial charge on any atom is -0.468 e. The van der Waals surface area contributed by atoms with Crippen molar-refractivity contribution in [2.45, 2.75) is 13.1 Å². The van der Waals surface area contributed by atoms with Gasteiger partial charge < -0.3 is 15.4 Å². The lowest BCUT2D eigenvalue weighted by molar-refractivity contribution is -0.384. The molecule has 2 aromatic carbocycles. The zero-order valence-electron chi connectivity index (χ0n) is 23.3. The molecule has 0 spiro atoms. The number of aromatic nitrogens is 3. The average Bonchev–Trinajstić information content (AvgIpc) is 3.34. The number of benzene rings is 2. The van der Waals surface area contributed by atoms with Gasteiger partial charge in [0.05, 0.1) is 28.7 Å². The molecule has 5 aromatic rings. The highest BCUT2D eigenvalue weighted by Crippen LogP contribution is 2.38. The maximum Gasteiger partial charge on any atom is 0.337 e. The lowest BCUT2D eigenvalue weighted by atomic mass is 10.1. The van der Waals surface area contributed by atoms with Crippen LogP contribution in [-0.2, 0) is 17.9 Å². The Labute approximate surface area is 251 Å². The first-order valence-electron chi connectivity index (χ1n) is 13.0. The number of hydrogen-bond acceptors (Lipinski definition) is 9. The summed E-state index contributed by atoms with van der Waals surface area (Å²) in [6, 6.07) is 11.8. The predicted octanol–water partition coefficient (Wildman–Crippen LogP) is 3.44. The fraction of sp³-hybridized carbons (Fsp3) is 0.172. The number of nitrogens with two attached hydrogens (primary N) is 1. The van der Waals surface area contributed by atoms with Gasteiger partial charge in [0.25, 0.3) is 17.2 Å². The van der Waals surface area contributed by atoms with Crippen LogP contribution in [0.15, 0.2) is 70.4 Å². The molecule has 1 amide bonds. The van der Waals surface area contributed by atoms with Crippen molar-refractivity contribution in [2.75, 3.05) is 20.7 Å². The zero-order valence-corrected chi connectivity index (χ0v) is 24.1. The van der Waals surface area contributed by atoms with Gasteiger partial charge in [-0.2, -0.15) is 0 Å². The predicted molar refractivity (Wildman–Crippen MR) is 159 cm³/mol. The molecule has 5 rings (SSSR count). The first-order valence-corrected chi connectivity index (χ1v) is 13.8. The van der Waals surface area contributed by atoms with Crippen molar-refractivity contribution in [2.24, 2.45) is 5.73 Å². The Hall–Kier alpha value is -5.28. The zero-order chi connectivity index (χ0) is 31.7. The van der Waals surface area contributed by atoms with Gasteiger partial charge in [-0.15, -0.1) is 11.3 Å². The normalized spacial score (nSPS) is 11.3. The van der Waals surface area contributed by atoms with Crippen molar-refractivity contribution in [3.63, 3.8) is 0 Å². The molecule has 15 heteroatoms. The minimum absolute atomic E-state index is 0.0136. The van der Waals surface area contributed by atoms with Gasteiger partial charge in [-0.3, -0.25) is 24.3 Å². The summed E-state index contributed by atoms with van der Waals surface area (Å²) in [6.45, 7) is -0.748. The minimum atomic E-state index is -0.884. The fourth-order valence-electron chi connectivity index (χ4n) is 4.65. The fourth-order valence-corrected chi connectivity index (χ4v) is 5.95. The first kappa shape index (κ1) is 30.2. The molecule has 0 aliphatic heterocycles. The summed E-state index contributed by atoms with van der Waals surface area (Å²) in [7, 11) is 3.56. The molecular weight excluding hydrogens is 598 g/mol. The largest absolute Gasteiger partial charge is 0.468 e. The maximum absolute atomic E-state index is 14.8. The molecule has 0 aliphatic carbocycles. The molecule has 0 atom stereocenters. The number of nitro groups is 1. The number of hydrogen-bond donors (Lipinski definition) is 1. The quantitative estimate of drug-likeness (QED) is 0.184. The lowest BCUT2D eigenvalue weighted by Gasteiger charge is -2.15. The molecular formula is C29H24F2N6O6S. The van der Waals surface area contributed by atoms with Crippen molar-refractivity contribution >= 4 is 33.1 Å². The number of halogens is 2. The van der Waals surface area contributed by atoms with E-state index in [1.165, 1.54) is 48.7 Å². The Bertz CT molecular complexity index is 2000. The second-order valence-corrected chi connectivity index (χ2v) is 10.9. The number of nitro benzene ring substituents is 1. The van der Waals surface area contributed by atoms with E-state index in [1.807, 2.05) is 0 Å². The molecule has 0 aliphatic rings. The Morgan fingerprint density at radius 3 is 2.32 bits per heavy atom. The smallest absolute Gasteiger partial charge is 0.337 e. The van der Waals surface area contributed by atoms with Crippen molar-refractivity contribution in [1.29, 1.82) is 0 Å². The monoisotopic (exact) mass is 622 g/mol. The van der Waals surface area contributed by atoms with Crippen LogP contribution in [0.1, 0.15) is 11.1 Å². The number of fused-ring (bicyclic) bond motifs is 1. The van der Waals surface area contributed by atoms with Gasteiger partial charge in [-0.05, 0) is 55.6 Å². The topological polar surface area (TPSA) is 156 Å². The molecule has 0 fully saturated rings. The van der Waals surface area contributed by atoms with Gasteiger partial charge >= 0.3 is 5.69 Å². The summed E-state index contributed by atoms with van der Waals surface area (Å²) in [5.74, 6) is -2.46. The van der Waals surface area contributed by atoms with Crippen molar-refractivity contribution in [1.82, 2.24) is 19.0 Å². The van der Waals surface area contributed by atoms with Crippen LogP contribution < -0.4 is 21.7 Å². The number of rotatable bonds is 10. The number of amides is 1. The number of nitrogens with zero attached hydrogens (tertiary/aromatic N) is 5. The Balaban J connectivity index is 1.81. The third kappa shape index (κ3) is 5.82. The van der Waals surface area contributed by atoms with Gasteiger partial charge in [-0.1, -0.05) is 6.07 Å². The van der Waals surface area contributed by atoms with E-state index >= 15 is 0 Å². The van der Waals surface area contributed by atoms with Crippen LogP contribution in [0.25, 0.3) is 26.3 Å². The van der Waals surface area contributed by atoms with Gasteiger partial charge in [0.15, 0.2) is 6.61 Å². The Morgan fingerprint density at radius 2 is 1.75 bits per heavy atom. The van der Waals surface area contributed by atoms with Crippen LogP contribution >= 0.6 is 11.3 Å². The number of primary amides is 1. The van der Waals surface area contributed by atoms with E-state index in [0.717, 1.165) is 32.6 Å². The molecule has 0 bridgehead atoms. The number of carbonyl (C=O) groups is 1. The molecule has 0 radical (unpaired) electrons. The highest BCUT2D eigenvalue weighted by molar-refractivity contribution is 7.22. The molecule has 3 heterocycles. The van der Waals surface area contributed by atoms with Gasteiger partial charge in [0.2, 0.25) is 5.88 Å². The van der Waals surface area contributed by atoms with Gasteiger partial charge in [0.1, 0.15) is 16.5 Å². The summed E-state index contributed by atoms with van der Waals surface area (Å²) in [6.07, 6.45) is 1.19. The highest BCUT2D eigenvalue weighted by atomic mass is 32.1. The molecule has 2 N–H and O–H groups in total. The van der Waals surface area contributed by atoms with E-state index < -0.39 is 46.9 Å². The van der Waals surface area contributed by atoms with Gasteiger partial charge in [0, 0.05) is 35.2 Å². The van der Waals surface area contributed by atoms with Crippen molar-refractivity contribution in [3.05, 3.63) is 115 Å². The Kier molecular flexibility index (Phi) is 8.33. The number of pyridine rings is 1. The Morgan fingerprint density at radius 1 is 1.07 bits per heavy atom. The summed E-state index contributed by atoms with van der Waals surface area (Å²) in [4.78, 5) is 56.5. The third-order valence-electron chi connectivity index (χ3n) is 6.61. The summed E-state index contributed by atoms with van der Waals surface area (Å²) >= 11 is 1.06. The number of thiophene rings is 1. The molecule has 0 saturated carbocycles. The van der Waals surface area contributed by atoms with E-state index in [1.54, 1.807) is 19.0 Å². The van der Waals surface area contributed by atoms with E-state index in [0.29, 0.717) is 16.0 Å². The summed E-state index contributed by atoms with van der Waals surface area (Å²) in [5.41, 5.74) is 4.10. The summed E-state index contributed by atoms with van der Waals surface area (Å²) in [5, 5.41) is 11.4. The second kappa shape index (κ2) is 12.1. The van der Waals surface area contributed by atoms with Crippen LogP contribution in [0.4, 0.5) is 14.5 Å². The number of ether oxygens (including phenoxy) is 1. The molecule has 3 aromatic heterocycles. The number of non-ortho nitro benzene ring substituents is 1. The van der Waals surface area contributed by atoms with Crippen LogP contribution in [0, 0.1) is 21.7 Å². The molecule has 0 unspecified atom stereocenters. The van der Waals surface area contributed by atoms with Gasteiger partial charge in [-0.25, -0.2) is 23.1 Å². The third-order valence-corrected chi connectivity index (χ3v) is 7.91. The van der Waals surface area contributed by atoms with Crippen LogP contribution in [-0.4, -0.2) is 50.6 Å². The first-order chi connectivity index (χ1) is 21.0.